The molecule has 1 unspecified atom stereocenters. The molecule has 0 aromatic heterocycles. The van der Waals surface area contributed by atoms with Gasteiger partial charge in [0.15, 0.2) is 0 Å². The molecule has 0 saturated carbocycles. The van der Waals surface area contributed by atoms with Crippen LogP contribution in [0.3, 0.4) is 0 Å². The molecule has 0 bridgehead atoms. The standard InChI is InChI=1S/C8H15NO3/c1-6(10)7(9-2)4-5-8(11)12-3/h7,9H,4-5H2,1-3H3. The van der Waals surface area contributed by atoms with Crippen LogP contribution >= 0.6 is 0 Å². The predicted molar refractivity (Wildman–Crippen MR) is 44.8 cm³/mol. The molecule has 0 spiro atoms. The van der Waals surface area contributed by atoms with Gasteiger partial charge in [0, 0.05) is 6.42 Å². The molecule has 0 aliphatic carbocycles. The minimum atomic E-state index is -0.281. The zero-order valence-electron chi connectivity index (χ0n) is 7.72. The van der Waals surface area contributed by atoms with Gasteiger partial charge in [-0.25, -0.2) is 0 Å². The largest absolute Gasteiger partial charge is 0.469 e. The van der Waals surface area contributed by atoms with Gasteiger partial charge in [0.05, 0.1) is 13.2 Å². The van der Waals surface area contributed by atoms with Gasteiger partial charge in [0.1, 0.15) is 5.78 Å². The highest BCUT2D eigenvalue weighted by Crippen LogP contribution is 1.99. The number of hydrogen-bond donors (Lipinski definition) is 1. The average Bonchev–Trinajstić information content (AvgIpc) is 2.04. The lowest BCUT2D eigenvalue weighted by Crippen LogP contribution is -2.32. The lowest BCUT2D eigenvalue weighted by molar-refractivity contribution is -0.140. The summed E-state index contributed by atoms with van der Waals surface area (Å²) < 4.78 is 4.45. The number of rotatable bonds is 5. The van der Waals surface area contributed by atoms with E-state index in [9.17, 15) is 9.59 Å². The van der Waals surface area contributed by atoms with Crippen molar-refractivity contribution in [1.82, 2.24) is 5.32 Å². The second-order valence-electron chi connectivity index (χ2n) is 2.57. The topological polar surface area (TPSA) is 55.4 Å². The van der Waals surface area contributed by atoms with Crippen molar-refractivity contribution >= 4 is 11.8 Å². The molecule has 0 rings (SSSR count). The lowest BCUT2D eigenvalue weighted by atomic mass is 10.1. The molecule has 0 aromatic carbocycles. The van der Waals surface area contributed by atoms with Crippen molar-refractivity contribution < 1.29 is 14.3 Å². The number of methoxy groups -OCH3 is 1. The molecule has 0 radical (unpaired) electrons. The first-order valence-electron chi connectivity index (χ1n) is 3.86. The summed E-state index contributed by atoms with van der Waals surface area (Å²) in [5.74, 6) is -0.238. The molecule has 12 heavy (non-hydrogen) atoms. The first-order chi connectivity index (χ1) is 5.61. The molecule has 1 atom stereocenters. The van der Waals surface area contributed by atoms with Gasteiger partial charge in [-0.1, -0.05) is 0 Å². The summed E-state index contributed by atoms with van der Waals surface area (Å²) in [6.07, 6.45) is 0.778. The van der Waals surface area contributed by atoms with Crippen LogP contribution in [0.25, 0.3) is 0 Å². The minimum absolute atomic E-state index is 0.0430. The molecule has 0 amide bonds. The number of nitrogens with one attached hydrogen (secondary N) is 1. The van der Waals surface area contributed by atoms with E-state index < -0.39 is 0 Å². The number of carbonyl (C=O) groups excluding carboxylic acids is 2. The molecule has 0 saturated heterocycles. The monoisotopic (exact) mass is 173 g/mol. The van der Waals surface area contributed by atoms with Gasteiger partial charge in [-0.15, -0.1) is 0 Å². The van der Waals surface area contributed by atoms with E-state index in [1.807, 2.05) is 0 Å². The smallest absolute Gasteiger partial charge is 0.305 e. The van der Waals surface area contributed by atoms with Crippen molar-refractivity contribution in [2.75, 3.05) is 14.2 Å². The summed E-state index contributed by atoms with van der Waals surface area (Å²) in [4.78, 5) is 21.6. The van der Waals surface area contributed by atoms with Crippen LogP contribution in [0.4, 0.5) is 0 Å². The molecule has 0 heterocycles. The van der Waals surface area contributed by atoms with Crippen LogP contribution in [-0.2, 0) is 14.3 Å². The van der Waals surface area contributed by atoms with Crippen LogP contribution in [0.2, 0.25) is 0 Å². The number of Topliss-reactive ketones (excluding diaryl/α,β-unsaturated/α-hetero) is 1. The van der Waals surface area contributed by atoms with Gasteiger partial charge < -0.3 is 10.1 Å². The average molecular weight is 173 g/mol. The van der Waals surface area contributed by atoms with Crippen LogP contribution in [0.15, 0.2) is 0 Å². The maximum Gasteiger partial charge on any atom is 0.305 e. The van der Waals surface area contributed by atoms with E-state index in [4.69, 9.17) is 0 Å². The lowest BCUT2D eigenvalue weighted by Gasteiger charge is -2.10. The summed E-state index contributed by atoms with van der Waals surface area (Å²) in [5, 5.41) is 2.82. The quantitative estimate of drug-likeness (QED) is 0.600. The molecular weight excluding hydrogens is 158 g/mol. The number of hydrogen-bond acceptors (Lipinski definition) is 4. The number of esters is 1. The van der Waals surface area contributed by atoms with Crippen molar-refractivity contribution in [3.63, 3.8) is 0 Å². The number of ketones is 1. The van der Waals surface area contributed by atoms with Crippen LogP contribution in [0.1, 0.15) is 19.8 Å². The second-order valence-corrected chi connectivity index (χ2v) is 2.57. The van der Waals surface area contributed by atoms with Gasteiger partial charge in [0.2, 0.25) is 0 Å². The summed E-state index contributed by atoms with van der Waals surface area (Å²) in [6, 6.07) is -0.232. The van der Waals surface area contributed by atoms with Crippen LogP contribution < -0.4 is 5.32 Å². The van der Waals surface area contributed by atoms with Crippen LogP contribution in [0.5, 0.6) is 0 Å². The van der Waals surface area contributed by atoms with Crippen molar-refractivity contribution in [3.05, 3.63) is 0 Å². The number of likely N-dealkylation sites (N-methyl/N-ethyl adjacent to an activating group) is 1. The zero-order chi connectivity index (χ0) is 9.56. The summed E-state index contributed by atoms with van der Waals surface area (Å²) >= 11 is 0. The summed E-state index contributed by atoms with van der Waals surface area (Å²) in [5.41, 5.74) is 0. The molecule has 0 fully saturated rings. The Bertz CT molecular complexity index is 168. The highest BCUT2D eigenvalue weighted by molar-refractivity contribution is 5.82. The first kappa shape index (κ1) is 11.1. The fourth-order valence-electron chi connectivity index (χ4n) is 0.915. The molecule has 4 heteroatoms. The maximum absolute atomic E-state index is 10.9. The van der Waals surface area contributed by atoms with Crippen molar-refractivity contribution in [1.29, 1.82) is 0 Å². The normalized spacial score (nSPS) is 12.2. The van der Waals surface area contributed by atoms with E-state index in [-0.39, 0.29) is 24.2 Å². The Kier molecular flexibility index (Phi) is 5.28. The minimum Gasteiger partial charge on any atom is -0.469 e. The Morgan fingerprint density at radius 3 is 2.42 bits per heavy atom. The van der Waals surface area contributed by atoms with E-state index in [1.165, 1.54) is 14.0 Å². The van der Waals surface area contributed by atoms with Crippen molar-refractivity contribution in [2.24, 2.45) is 0 Å². The third-order valence-electron chi connectivity index (χ3n) is 1.70. The molecule has 0 aliphatic rings. The third-order valence-corrected chi connectivity index (χ3v) is 1.70. The van der Waals surface area contributed by atoms with Crippen molar-refractivity contribution in [2.45, 2.75) is 25.8 Å². The second kappa shape index (κ2) is 5.71. The molecule has 0 aliphatic heterocycles. The fraction of sp³-hybridized carbons (Fsp3) is 0.750. The van der Waals surface area contributed by atoms with Gasteiger partial charge in [-0.05, 0) is 20.4 Å². The van der Waals surface area contributed by atoms with Crippen molar-refractivity contribution in [3.8, 4) is 0 Å². The van der Waals surface area contributed by atoms with Gasteiger partial charge in [-0.2, -0.15) is 0 Å². The van der Waals surface area contributed by atoms with E-state index in [1.54, 1.807) is 7.05 Å². The molecule has 4 nitrogen and oxygen atoms in total. The molecule has 70 valence electrons. The van der Waals surface area contributed by atoms with Gasteiger partial charge in [-0.3, -0.25) is 9.59 Å². The Morgan fingerprint density at radius 1 is 1.50 bits per heavy atom. The maximum atomic E-state index is 10.9. The van der Waals surface area contributed by atoms with Crippen LogP contribution in [-0.4, -0.2) is 32.0 Å². The zero-order valence-corrected chi connectivity index (χ0v) is 7.72. The molecule has 0 aromatic rings. The summed E-state index contributed by atoms with van der Waals surface area (Å²) in [7, 11) is 3.04. The summed E-state index contributed by atoms with van der Waals surface area (Å²) in [6.45, 7) is 1.50. The molecule has 1 N–H and O–H groups in total. The SMILES string of the molecule is CNC(CCC(=O)OC)C(C)=O. The highest BCUT2D eigenvalue weighted by atomic mass is 16.5. The van der Waals surface area contributed by atoms with E-state index >= 15 is 0 Å². The number of carbonyl (C=O) groups is 2. The molecular formula is C8H15NO3. The third kappa shape index (κ3) is 4.08. The Balaban J connectivity index is 3.73. The van der Waals surface area contributed by atoms with E-state index in [0.717, 1.165) is 0 Å². The Morgan fingerprint density at radius 2 is 2.08 bits per heavy atom. The van der Waals surface area contributed by atoms with E-state index in [0.29, 0.717) is 6.42 Å². The Hall–Kier alpha value is -0.900. The predicted octanol–water partition coefficient (Wildman–Crippen LogP) is 0.117. The van der Waals surface area contributed by atoms with Gasteiger partial charge >= 0.3 is 5.97 Å². The van der Waals surface area contributed by atoms with Crippen LogP contribution in [0, 0.1) is 0 Å². The van der Waals surface area contributed by atoms with E-state index in [2.05, 4.69) is 10.1 Å². The first-order valence-corrected chi connectivity index (χ1v) is 3.86. The van der Waals surface area contributed by atoms with Gasteiger partial charge in [0.25, 0.3) is 0 Å². The fourth-order valence-corrected chi connectivity index (χ4v) is 0.915. The number of ether oxygens (including phenoxy) is 1. The highest BCUT2D eigenvalue weighted by Gasteiger charge is 2.13. The Labute approximate surface area is 72.3 Å².